The maximum atomic E-state index is 13.3. The van der Waals surface area contributed by atoms with Crippen LogP contribution in [-0.4, -0.2) is 21.1 Å². The maximum Gasteiger partial charge on any atom is 0.261 e. The molecular weight excluding hydrogens is 339 g/mol. The SMILES string of the molecule is Cc1nnc(C(CC(C)C)NC(=O)c2cc3ccc(F)cc3[nH]c2=O)o1. The number of amides is 1. The van der Waals surface area contributed by atoms with Gasteiger partial charge in [-0.25, -0.2) is 4.39 Å². The Balaban J connectivity index is 1.92. The van der Waals surface area contributed by atoms with Gasteiger partial charge in [0, 0.05) is 6.92 Å². The third kappa shape index (κ3) is 3.79. The van der Waals surface area contributed by atoms with E-state index in [4.69, 9.17) is 4.42 Å². The molecular formula is C18H19FN4O3. The van der Waals surface area contributed by atoms with Gasteiger partial charge in [-0.3, -0.25) is 9.59 Å². The van der Waals surface area contributed by atoms with Crippen LogP contribution in [0.2, 0.25) is 0 Å². The smallest absolute Gasteiger partial charge is 0.261 e. The van der Waals surface area contributed by atoms with Crippen LogP contribution < -0.4 is 10.9 Å². The van der Waals surface area contributed by atoms with Crippen molar-refractivity contribution in [1.82, 2.24) is 20.5 Å². The summed E-state index contributed by atoms with van der Waals surface area (Å²) >= 11 is 0. The molecule has 3 aromatic rings. The number of hydrogen-bond donors (Lipinski definition) is 2. The number of carbonyl (C=O) groups excluding carboxylic acids is 1. The lowest BCUT2D eigenvalue weighted by molar-refractivity contribution is 0.0922. The monoisotopic (exact) mass is 358 g/mol. The van der Waals surface area contributed by atoms with E-state index in [0.717, 1.165) is 0 Å². The minimum atomic E-state index is -0.592. The fourth-order valence-electron chi connectivity index (χ4n) is 2.72. The first kappa shape index (κ1) is 17.8. The van der Waals surface area contributed by atoms with Gasteiger partial charge in [-0.15, -0.1) is 10.2 Å². The first-order valence-corrected chi connectivity index (χ1v) is 8.27. The molecule has 0 saturated carbocycles. The van der Waals surface area contributed by atoms with E-state index in [1.54, 1.807) is 6.92 Å². The third-order valence-electron chi connectivity index (χ3n) is 3.90. The number of H-pyrrole nitrogens is 1. The number of benzene rings is 1. The average Bonchev–Trinajstić information content (AvgIpc) is 2.99. The fourth-order valence-corrected chi connectivity index (χ4v) is 2.72. The lowest BCUT2D eigenvalue weighted by atomic mass is 10.0. The zero-order chi connectivity index (χ0) is 18.8. The second-order valence-electron chi connectivity index (χ2n) is 6.56. The summed E-state index contributed by atoms with van der Waals surface area (Å²) in [5, 5.41) is 11.1. The zero-order valence-corrected chi connectivity index (χ0v) is 14.7. The van der Waals surface area contributed by atoms with Crippen LogP contribution in [0.3, 0.4) is 0 Å². The van der Waals surface area contributed by atoms with Crippen molar-refractivity contribution >= 4 is 16.8 Å². The molecule has 26 heavy (non-hydrogen) atoms. The highest BCUT2D eigenvalue weighted by Crippen LogP contribution is 2.21. The van der Waals surface area contributed by atoms with E-state index in [9.17, 15) is 14.0 Å². The van der Waals surface area contributed by atoms with Gasteiger partial charge in [0.1, 0.15) is 17.4 Å². The van der Waals surface area contributed by atoms with Crippen molar-refractivity contribution in [2.45, 2.75) is 33.2 Å². The summed E-state index contributed by atoms with van der Waals surface area (Å²) in [6.07, 6.45) is 0.573. The Kier molecular flexibility index (Phi) is 4.83. The summed E-state index contributed by atoms with van der Waals surface area (Å²) in [7, 11) is 0. The molecule has 2 N–H and O–H groups in total. The summed E-state index contributed by atoms with van der Waals surface area (Å²) in [6, 6.07) is 4.91. The second-order valence-corrected chi connectivity index (χ2v) is 6.56. The molecule has 2 aromatic heterocycles. The number of halogens is 1. The molecule has 1 atom stereocenters. The largest absolute Gasteiger partial charge is 0.423 e. The first-order chi connectivity index (χ1) is 12.3. The molecule has 8 heteroatoms. The predicted octanol–water partition coefficient (Wildman–Crippen LogP) is 2.88. The van der Waals surface area contributed by atoms with E-state index in [-0.39, 0.29) is 11.5 Å². The molecule has 2 heterocycles. The van der Waals surface area contributed by atoms with Gasteiger partial charge in [-0.1, -0.05) is 13.8 Å². The van der Waals surface area contributed by atoms with Crippen LogP contribution >= 0.6 is 0 Å². The molecule has 0 aliphatic carbocycles. The molecule has 7 nitrogen and oxygen atoms in total. The summed E-state index contributed by atoms with van der Waals surface area (Å²) in [5.74, 6) is -0.0733. The Hall–Kier alpha value is -3.03. The standard InChI is InChI=1S/C18H19FN4O3/c1-9(2)6-15(18-23-22-10(3)26-18)21-17(25)13-7-11-4-5-12(19)8-14(11)20-16(13)24/h4-5,7-9,15H,6H2,1-3H3,(H,20,24)(H,21,25). The van der Waals surface area contributed by atoms with E-state index in [1.165, 1.54) is 24.3 Å². The van der Waals surface area contributed by atoms with Crippen LogP contribution in [0.1, 0.15) is 48.4 Å². The van der Waals surface area contributed by atoms with Crippen molar-refractivity contribution in [2.75, 3.05) is 0 Å². The molecule has 0 fully saturated rings. The first-order valence-electron chi connectivity index (χ1n) is 8.27. The number of aromatic amines is 1. The number of hydrogen-bond acceptors (Lipinski definition) is 5. The fraction of sp³-hybridized carbons (Fsp3) is 0.333. The Labute approximate surface area is 148 Å². The summed E-state index contributed by atoms with van der Waals surface area (Å²) in [6.45, 7) is 5.66. The highest BCUT2D eigenvalue weighted by molar-refractivity contribution is 5.97. The van der Waals surface area contributed by atoms with Gasteiger partial charge in [-0.05, 0) is 42.0 Å². The Morgan fingerprint density at radius 1 is 1.31 bits per heavy atom. The number of aromatic nitrogens is 3. The van der Waals surface area contributed by atoms with Gasteiger partial charge in [-0.2, -0.15) is 0 Å². The number of pyridine rings is 1. The van der Waals surface area contributed by atoms with Gasteiger partial charge in [0.25, 0.3) is 11.5 Å². The van der Waals surface area contributed by atoms with Crippen molar-refractivity contribution < 1.29 is 13.6 Å². The normalized spacial score (nSPS) is 12.5. The quantitative estimate of drug-likeness (QED) is 0.730. The van der Waals surface area contributed by atoms with Crippen molar-refractivity contribution in [3.63, 3.8) is 0 Å². The van der Waals surface area contributed by atoms with E-state index >= 15 is 0 Å². The van der Waals surface area contributed by atoms with Crippen molar-refractivity contribution in [3.8, 4) is 0 Å². The highest BCUT2D eigenvalue weighted by Gasteiger charge is 2.23. The number of nitrogens with one attached hydrogen (secondary N) is 2. The second kappa shape index (κ2) is 7.07. The molecule has 3 rings (SSSR count). The van der Waals surface area contributed by atoms with Crippen molar-refractivity contribution in [2.24, 2.45) is 5.92 Å². The number of carbonyl (C=O) groups is 1. The number of fused-ring (bicyclic) bond motifs is 1. The molecule has 0 aliphatic rings. The molecule has 0 aliphatic heterocycles. The number of rotatable bonds is 5. The van der Waals surface area contributed by atoms with Crippen LogP contribution in [0.5, 0.6) is 0 Å². The van der Waals surface area contributed by atoms with Crippen LogP contribution in [0.25, 0.3) is 10.9 Å². The minimum Gasteiger partial charge on any atom is -0.423 e. The molecule has 0 bridgehead atoms. The Morgan fingerprint density at radius 2 is 2.08 bits per heavy atom. The van der Waals surface area contributed by atoms with Gasteiger partial charge >= 0.3 is 0 Å². The van der Waals surface area contributed by atoms with Gasteiger partial charge in [0.2, 0.25) is 11.8 Å². The van der Waals surface area contributed by atoms with Gasteiger partial charge < -0.3 is 14.7 Å². The molecule has 0 spiro atoms. The minimum absolute atomic E-state index is 0.0610. The van der Waals surface area contributed by atoms with E-state index in [0.29, 0.717) is 29.1 Å². The third-order valence-corrected chi connectivity index (χ3v) is 3.90. The van der Waals surface area contributed by atoms with Crippen molar-refractivity contribution in [3.05, 3.63) is 57.8 Å². The van der Waals surface area contributed by atoms with Crippen molar-refractivity contribution in [1.29, 1.82) is 0 Å². The van der Waals surface area contributed by atoms with Gasteiger partial charge in [0.15, 0.2) is 0 Å². The number of nitrogens with zero attached hydrogens (tertiary/aromatic N) is 2. The van der Waals surface area contributed by atoms with E-state index < -0.39 is 23.3 Å². The molecule has 0 radical (unpaired) electrons. The predicted molar refractivity (Wildman–Crippen MR) is 93.2 cm³/mol. The summed E-state index contributed by atoms with van der Waals surface area (Å²) in [5.41, 5.74) is -0.322. The Morgan fingerprint density at radius 3 is 2.73 bits per heavy atom. The topological polar surface area (TPSA) is 101 Å². The lowest BCUT2D eigenvalue weighted by Crippen LogP contribution is -2.33. The molecule has 1 unspecified atom stereocenters. The summed E-state index contributed by atoms with van der Waals surface area (Å²) in [4.78, 5) is 27.4. The molecule has 1 aromatic carbocycles. The van der Waals surface area contributed by atoms with E-state index in [1.807, 2.05) is 13.8 Å². The number of aryl methyl sites for hydroxylation is 1. The molecule has 1 amide bonds. The highest BCUT2D eigenvalue weighted by atomic mass is 19.1. The molecule has 0 saturated heterocycles. The Bertz CT molecular complexity index is 1010. The lowest BCUT2D eigenvalue weighted by Gasteiger charge is -2.17. The van der Waals surface area contributed by atoms with Crippen LogP contribution in [0, 0.1) is 18.7 Å². The summed E-state index contributed by atoms with van der Waals surface area (Å²) < 4.78 is 18.7. The molecule has 136 valence electrons. The van der Waals surface area contributed by atoms with Crippen LogP contribution in [-0.2, 0) is 0 Å². The van der Waals surface area contributed by atoms with Gasteiger partial charge in [0.05, 0.1) is 5.52 Å². The van der Waals surface area contributed by atoms with Crippen LogP contribution in [0.4, 0.5) is 4.39 Å². The zero-order valence-electron chi connectivity index (χ0n) is 14.7. The average molecular weight is 358 g/mol. The maximum absolute atomic E-state index is 13.3. The van der Waals surface area contributed by atoms with Crippen LogP contribution in [0.15, 0.2) is 33.5 Å². The van der Waals surface area contributed by atoms with E-state index in [2.05, 4.69) is 20.5 Å².